The Morgan fingerprint density at radius 1 is 0.509 bits per heavy atom. The van der Waals surface area contributed by atoms with E-state index in [0.29, 0.717) is 0 Å². The molecule has 1 aliphatic carbocycles. The fraction of sp³-hybridized carbons (Fsp3) is 0.283. The van der Waals surface area contributed by atoms with Crippen molar-refractivity contribution in [3.05, 3.63) is 149 Å². The molecule has 0 saturated heterocycles. The first-order valence-electron chi connectivity index (χ1n) is 20.7. The molecular weight excluding hydrogens is 707 g/mol. The molecule has 0 bridgehead atoms. The molecule has 0 atom stereocenters. The number of hydrogen-bond donors (Lipinski definition) is 0. The first kappa shape index (κ1) is 36.3. The monoisotopic (exact) mass is 760 g/mol. The molecule has 6 aromatic carbocycles. The fourth-order valence-corrected chi connectivity index (χ4v) is 11.2. The predicted molar refractivity (Wildman–Crippen MR) is 250 cm³/mol. The van der Waals surface area contributed by atoms with Crippen LogP contribution in [0.5, 0.6) is 0 Å². The van der Waals surface area contributed by atoms with Gasteiger partial charge in [-0.1, -0.05) is 143 Å². The zero-order chi connectivity index (χ0) is 40.0. The van der Waals surface area contributed by atoms with E-state index in [4.69, 9.17) is 0 Å². The molecule has 3 aliphatic rings. The predicted octanol–water partition coefficient (Wildman–Crippen LogP) is 13.2. The van der Waals surface area contributed by atoms with Gasteiger partial charge in [0.1, 0.15) is 0 Å². The van der Waals surface area contributed by atoms with Crippen molar-refractivity contribution in [1.82, 2.24) is 0 Å². The molecular formula is C53H53BN2S. The minimum atomic E-state index is -0.0634. The second-order valence-corrected chi connectivity index (χ2v) is 21.4. The number of fused-ring (bicyclic) bond motifs is 9. The van der Waals surface area contributed by atoms with Gasteiger partial charge in [0.2, 0.25) is 0 Å². The second-order valence-electron chi connectivity index (χ2n) is 20.3. The highest BCUT2D eigenvalue weighted by Gasteiger charge is 2.46. The van der Waals surface area contributed by atoms with Crippen LogP contribution in [0, 0.1) is 0 Å². The van der Waals surface area contributed by atoms with Gasteiger partial charge in [0.05, 0.1) is 5.69 Å². The van der Waals surface area contributed by atoms with Crippen LogP contribution in [0.4, 0.5) is 34.1 Å². The largest absolute Gasteiger partial charge is 0.311 e. The summed E-state index contributed by atoms with van der Waals surface area (Å²) in [6.45, 7) is 25.7. The summed E-state index contributed by atoms with van der Waals surface area (Å²) in [4.78, 5) is 5.18. The summed E-state index contributed by atoms with van der Waals surface area (Å²) in [5.74, 6) is 0. The summed E-state index contributed by atoms with van der Waals surface area (Å²) in [5, 5.41) is 1.34. The van der Waals surface area contributed by atoms with E-state index < -0.39 is 0 Å². The van der Waals surface area contributed by atoms with E-state index in [-0.39, 0.29) is 28.4 Å². The topological polar surface area (TPSA) is 6.48 Å². The van der Waals surface area contributed by atoms with E-state index in [0.717, 1.165) is 0 Å². The lowest BCUT2D eigenvalue weighted by atomic mass is 9.36. The summed E-state index contributed by atoms with van der Waals surface area (Å²) in [7, 11) is 0. The van der Waals surface area contributed by atoms with Crippen LogP contribution in [0.2, 0.25) is 0 Å². The third kappa shape index (κ3) is 5.36. The average molecular weight is 761 g/mol. The Hall–Kier alpha value is -5.06. The maximum Gasteiger partial charge on any atom is 0.264 e. The third-order valence-electron chi connectivity index (χ3n) is 13.1. The molecule has 4 heteroatoms. The molecule has 0 radical (unpaired) electrons. The zero-order valence-corrected chi connectivity index (χ0v) is 36.2. The highest BCUT2D eigenvalue weighted by molar-refractivity contribution is 7.33. The molecule has 0 fully saturated rings. The van der Waals surface area contributed by atoms with E-state index in [1.54, 1.807) is 0 Å². The third-order valence-corrected chi connectivity index (χ3v) is 14.3. The molecule has 0 unspecified atom stereocenters. The van der Waals surface area contributed by atoms with Gasteiger partial charge in [-0.05, 0) is 121 Å². The minimum Gasteiger partial charge on any atom is -0.311 e. The van der Waals surface area contributed by atoms with Gasteiger partial charge in [-0.25, -0.2) is 0 Å². The Kier molecular flexibility index (Phi) is 7.64. The van der Waals surface area contributed by atoms with Crippen molar-refractivity contribution in [2.45, 2.75) is 97.8 Å². The summed E-state index contributed by atoms with van der Waals surface area (Å²) < 4.78 is 2.78. The van der Waals surface area contributed by atoms with Crippen molar-refractivity contribution in [2.75, 3.05) is 9.80 Å². The van der Waals surface area contributed by atoms with Gasteiger partial charge in [-0.2, -0.15) is 0 Å². The lowest BCUT2D eigenvalue weighted by molar-refractivity contribution is 0.590. The van der Waals surface area contributed by atoms with E-state index in [1.165, 1.54) is 98.9 Å². The highest BCUT2D eigenvalue weighted by Crippen LogP contribution is 2.54. The summed E-state index contributed by atoms with van der Waals surface area (Å²) >= 11 is 2.01. The van der Waals surface area contributed by atoms with Crippen LogP contribution in [-0.2, 0) is 21.7 Å². The standard InChI is InChI=1S/C53H53BN2S/c1-50(2,3)32-22-25-35(26-23-32)56-44-21-15-20-43-47(44)54(49-48(56)39-30-38-37-18-12-13-19-40(37)53(10,11)41(38)31-46(39)57-49)42-27-24-34(52(7,8)9)29-45(42)55(43)36-17-14-16-33(28-36)51(4,5)6/h12-31H,1-11H3. The number of anilines is 6. The van der Waals surface area contributed by atoms with Gasteiger partial charge in [-0.15, -0.1) is 11.3 Å². The van der Waals surface area contributed by atoms with Gasteiger partial charge < -0.3 is 9.80 Å². The Labute approximate surface area is 344 Å². The van der Waals surface area contributed by atoms with Crippen molar-refractivity contribution in [1.29, 1.82) is 0 Å². The molecule has 0 spiro atoms. The molecule has 57 heavy (non-hydrogen) atoms. The van der Waals surface area contributed by atoms with Crippen molar-refractivity contribution < 1.29 is 0 Å². The first-order chi connectivity index (χ1) is 26.9. The number of thiophene rings is 1. The summed E-state index contributed by atoms with van der Waals surface area (Å²) in [6, 6.07) is 47.2. The molecule has 1 aromatic heterocycles. The van der Waals surface area contributed by atoms with E-state index >= 15 is 0 Å². The molecule has 3 heterocycles. The summed E-state index contributed by atoms with van der Waals surface area (Å²) in [6.07, 6.45) is 0. The summed E-state index contributed by atoms with van der Waals surface area (Å²) in [5.41, 5.74) is 19.9. The van der Waals surface area contributed by atoms with Crippen LogP contribution in [0.3, 0.4) is 0 Å². The van der Waals surface area contributed by atoms with E-state index in [9.17, 15) is 0 Å². The van der Waals surface area contributed by atoms with Crippen LogP contribution in [-0.4, -0.2) is 6.71 Å². The molecule has 284 valence electrons. The van der Waals surface area contributed by atoms with Crippen molar-refractivity contribution in [3.63, 3.8) is 0 Å². The smallest absolute Gasteiger partial charge is 0.264 e. The molecule has 0 N–H and O–H groups in total. The zero-order valence-electron chi connectivity index (χ0n) is 35.4. The Morgan fingerprint density at radius 2 is 1.14 bits per heavy atom. The van der Waals surface area contributed by atoms with Gasteiger partial charge in [0, 0.05) is 48.7 Å². The fourth-order valence-electron chi connectivity index (χ4n) is 9.84. The second kappa shape index (κ2) is 12.0. The highest BCUT2D eigenvalue weighted by atomic mass is 32.1. The van der Waals surface area contributed by atoms with Gasteiger partial charge in [0.25, 0.3) is 6.71 Å². The lowest BCUT2D eigenvalue weighted by Gasteiger charge is -2.43. The van der Waals surface area contributed by atoms with Crippen molar-refractivity contribution in [2.24, 2.45) is 0 Å². The number of hydrogen-bond acceptors (Lipinski definition) is 3. The molecule has 0 saturated carbocycles. The van der Waals surface area contributed by atoms with Crippen LogP contribution in [0.1, 0.15) is 104 Å². The van der Waals surface area contributed by atoms with Crippen LogP contribution >= 0.6 is 11.3 Å². The molecule has 10 rings (SSSR count). The van der Waals surface area contributed by atoms with Gasteiger partial charge in [0.15, 0.2) is 0 Å². The van der Waals surface area contributed by atoms with Gasteiger partial charge >= 0.3 is 0 Å². The molecule has 2 nitrogen and oxygen atoms in total. The Bertz CT molecular complexity index is 2780. The normalized spacial score (nSPS) is 15.3. The average Bonchev–Trinajstić information content (AvgIpc) is 3.64. The van der Waals surface area contributed by atoms with Crippen molar-refractivity contribution in [3.8, 4) is 11.1 Å². The number of rotatable bonds is 2. The van der Waals surface area contributed by atoms with E-state index in [2.05, 4.69) is 207 Å². The van der Waals surface area contributed by atoms with Gasteiger partial charge in [-0.3, -0.25) is 0 Å². The lowest BCUT2D eigenvalue weighted by Crippen LogP contribution is -2.60. The first-order valence-corrected chi connectivity index (χ1v) is 21.5. The number of benzene rings is 6. The molecule has 0 amide bonds. The number of nitrogens with zero attached hydrogens (tertiary/aromatic N) is 2. The molecule has 2 aliphatic heterocycles. The maximum absolute atomic E-state index is 2.60. The van der Waals surface area contributed by atoms with E-state index in [1.807, 2.05) is 11.3 Å². The Morgan fingerprint density at radius 3 is 1.84 bits per heavy atom. The van der Waals surface area contributed by atoms with Crippen LogP contribution in [0.25, 0.3) is 21.2 Å². The maximum atomic E-state index is 2.60. The Balaban J connectivity index is 1.30. The minimum absolute atomic E-state index is 0.00505. The quantitative estimate of drug-likeness (QED) is 0.162. The SMILES string of the molecule is CC(C)(C)c1ccc(N2c3cccc4c3B(c3ccc(C(C)(C)C)cc3N4c3cccc(C(C)(C)C)c3)c3sc4cc5c(cc4c32)-c2ccccc2C5(C)C)cc1. The molecule has 7 aromatic rings. The van der Waals surface area contributed by atoms with Crippen LogP contribution < -0.4 is 25.5 Å². The van der Waals surface area contributed by atoms with Crippen molar-refractivity contribution >= 4 is 78.0 Å². The van der Waals surface area contributed by atoms with Crippen LogP contribution in [0.15, 0.2) is 121 Å².